The van der Waals surface area contributed by atoms with Crippen molar-refractivity contribution in [2.45, 2.75) is 51.5 Å². The quantitative estimate of drug-likeness (QED) is 0.538. The van der Waals surface area contributed by atoms with Crippen molar-refractivity contribution in [1.29, 1.82) is 0 Å². The molecule has 5 rings (SSSR count). The second-order valence-electron chi connectivity index (χ2n) is 9.94. The SMILES string of the molecule is COc1cc(-c2nc([C@H]3CC[C@@H](N4CCN(C(C)=O)CC4)CC3)n3ccnc(C)c23)ccc1NC(=O)O. The molecular weight excluding hydrogens is 472 g/mol. The fourth-order valence-corrected chi connectivity index (χ4v) is 5.87. The van der Waals surface area contributed by atoms with E-state index in [1.165, 1.54) is 7.11 Å². The summed E-state index contributed by atoms with van der Waals surface area (Å²) in [5.41, 5.74) is 3.91. The van der Waals surface area contributed by atoms with E-state index in [9.17, 15) is 9.59 Å². The fourth-order valence-electron chi connectivity index (χ4n) is 5.87. The molecule has 196 valence electrons. The van der Waals surface area contributed by atoms with E-state index in [1.54, 1.807) is 13.0 Å². The van der Waals surface area contributed by atoms with Crippen molar-refractivity contribution in [2.24, 2.45) is 0 Å². The molecule has 0 spiro atoms. The minimum atomic E-state index is -1.14. The summed E-state index contributed by atoms with van der Waals surface area (Å²) in [5.74, 6) is 1.99. The lowest BCUT2D eigenvalue weighted by molar-refractivity contribution is -0.131. The number of piperazine rings is 1. The van der Waals surface area contributed by atoms with E-state index in [1.807, 2.05) is 36.4 Å². The smallest absolute Gasteiger partial charge is 0.409 e. The molecule has 0 bridgehead atoms. The normalized spacial score (nSPS) is 20.7. The van der Waals surface area contributed by atoms with Crippen molar-refractivity contribution in [3.63, 3.8) is 0 Å². The van der Waals surface area contributed by atoms with Gasteiger partial charge in [-0.2, -0.15) is 0 Å². The molecule has 1 aliphatic heterocycles. The van der Waals surface area contributed by atoms with Crippen LogP contribution in [0.1, 0.15) is 50.0 Å². The lowest BCUT2D eigenvalue weighted by atomic mass is 9.84. The van der Waals surface area contributed by atoms with Crippen molar-refractivity contribution in [3.8, 4) is 17.0 Å². The third-order valence-electron chi connectivity index (χ3n) is 7.82. The second kappa shape index (κ2) is 10.4. The van der Waals surface area contributed by atoms with Gasteiger partial charge in [0, 0.05) is 63.0 Å². The molecule has 0 radical (unpaired) electrons. The molecule has 37 heavy (non-hydrogen) atoms. The number of anilines is 1. The molecule has 1 saturated heterocycles. The Morgan fingerprint density at radius 3 is 2.49 bits per heavy atom. The van der Waals surface area contributed by atoms with E-state index in [0.29, 0.717) is 23.4 Å². The average molecular weight is 507 g/mol. The van der Waals surface area contributed by atoms with Gasteiger partial charge in [-0.3, -0.25) is 24.4 Å². The minimum absolute atomic E-state index is 0.167. The molecule has 2 aliphatic rings. The fraction of sp³-hybridized carbons (Fsp3) is 0.481. The maximum Gasteiger partial charge on any atom is 0.409 e. The molecule has 3 aromatic rings. The number of hydrogen-bond donors (Lipinski definition) is 2. The first-order chi connectivity index (χ1) is 17.9. The van der Waals surface area contributed by atoms with Gasteiger partial charge in [0.2, 0.25) is 5.91 Å². The van der Waals surface area contributed by atoms with E-state index in [2.05, 4.69) is 19.6 Å². The highest BCUT2D eigenvalue weighted by Crippen LogP contribution is 2.39. The molecule has 10 nitrogen and oxygen atoms in total. The number of benzene rings is 1. The van der Waals surface area contributed by atoms with Crippen LogP contribution in [0, 0.1) is 6.92 Å². The zero-order chi connectivity index (χ0) is 26.1. The highest BCUT2D eigenvalue weighted by molar-refractivity contribution is 5.88. The van der Waals surface area contributed by atoms with Crippen LogP contribution in [-0.2, 0) is 4.79 Å². The van der Waals surface area contributed by atoms with Gasteiger partial charge in [-0.1, -0.05) is 6.07 Å². The highest BCUT2D eigenvalue weighted by atomic mass is 16.5. The molecule has 2 fully saturated rings. The molecule has 2 aromatic heterocycles. The van der Waals surface area contributed by atoms with Gasteiger partial charge in [0.1, 0.15) is 11.6 Å². The van der Waals surface area contributed by atoms with Crippen molar-refractivity contribution in [1.82, 2.24) is 24.2 Å². The summed E-state index contributed by atoms with van der Waals surface area (Å²) in [7, 11) is 1.52. The van der Waals surface area contributed by atoms with Gasteiger partial charge in [-0.05, 0) is 44.7 Å². The van der Waals surface area contributed by atoms with E-state index >= 15 is 0 Å². The van der Waals surface area contributed by atoms with Gasteiger partial charge in [-0.15, -0.1) is 0 Å². The number of imidazole rings is 1. The van der Waals surface area contributed by atoms with Gasteiger partial charge < -0.3 is 14.7 Å². The number of rotatable bonds is 5. The first kappa shape index (κ1) is 25.0. The Balaban J connectivity index is 1.39. The summed E-state index contributed by atoms with van der Waals surface area (Å²) in [6.45, 7) is 7.17. The maximum absolute atomic E-state index is 11.7. The van der Waals surface area contributed by atoms with Crippen LogP contribution in [0.3, 0.4) is 0 Å². The standard InChI is InChI=1S/C27H34N6O4/c1-17-25-24(20-6-9-22(29-27(35)36)23(16-20)37-3)30-26(33(25)11-10-28-17)19-4-7-21(8-5-19)32-14-12-31(13-15-32)18(2)34/h6,9-11,16,19,21,29H,4-5,7-8,12-15H2,1-3H3,(H,35,36)/t19-,21+. The van der Waals surface area contributed by atoms with Gasteiger partial charge >= 0.3 is 6.09 Å². The van der Waals surface area contributed by atoms with Gasteiger partial charge in [0.05, 0.1) is 29.7 Å². The molecule has 1 aliphatic carbocycles. The van der Waals surface area contributed by atoms with Crippen LogP contribution in [0.25, 0.3) is 16.8 Å². The molecule has 0 unspecified atom stereocenters. The Bertz CT molecular complexity index is 1310. The Kier molecular flexibility index (Phi) is 7.01. The third kappa shape index (κ3) is 4.98. The lowest BCUT2D eigenvalue weighted by Gasteiger charge is -2.41. The van der Waals surface area contributed by atoms with Crippen LogP contribution >= 0.6 is 0 Å². The van der Waals surface area contributed by atoms with Gasteiger partial charge in [0.25, 0.3) is 0 Å². The number of hydrogen-bond acceptors (Lipinski definition) is 6. The summed E-state index contributed by atoms with van der Waals surface area (Å²) in [6, 6.07) is 5.94. The summed E-state index contributed by atoms with van der Waals surface area (Å²) >= 11 is 0. The summed E-state index contributed by atoms with van der Waals surface area (Å²) < 4.78 is 7.63. The zero-order valence-corrected chi connectivity index (χ0v) is 21.6. The number of aryl methyl sites for hydroxylation is 1. The van der Waals surface area contributed by atoms with Crippen molar-refractivity contribution in [3.05, 3.63) is 42.1 Å². The summed E-state index contributed by atoms with van der Waals surface area (Å²) in [4.78, 5) is 37.0. The first-order valence-corrected chi connectivity index (χ1v) is 12.9. The number of amides is 2. The molecule has 1 aromatic carbocycles. The number of aromatic nitrogens is 3. The van der Waals surface area contributed by atoms with Crippen molar-refractivity contribution in [2.75, 3.05) is 38.6 Å². The van der Waals surface area contributed by atoms with E-state index in [0.717, 1.165) is 80.2 Å². The molecule has 2 N–H and O–H groups in total. The number of carbonyl (C=O) groups excluding carboxylic acids is 1. The molecule has 3 heterocycles. The van der Waals surface area contributed by atoms with Gasteiger partial charge in [-0.25, -0.2) is 9.78 Å². The molecule has 10 heteroatoms. The number of ether oxygens (including phenoxy) is 1. The number of fused-ring (bicyclic) bond motifs is 1. The van der Waals surface area contributed by atoms with Crippen LogP contribution in [0.2, 0.25) is 0 Å². The van der Waals surface area contributed by atoms with E-state index in [4.69, 9.17) is 14.8 Å². The predicted molar refractivity (Wildman–Crippen MR) is 140 cm³/mol. The Hall–Kier alpha value is -3.66. The number of methoxy groups -OCH3 is 1. The summed E-state index contributed by atoms with van der Waals surface area (Å²) in [6.07, 6.45) is 7.00. The Labute approximate surface area is 216 Å². The lowest BCUT2D eigenvalue weighted by Crippen LogP contribution is -2.52. The molecule has 1 saturated carbocycles. The van der Waals surface area contributed by atoms with Crippen LogP contribution in [0.4, 0.5) is 10.5 Å². The zero-order valence-electron chi connectivity index (χ0n) is 21.6. The third-order valence-corrected chi connectivity index (χ3v) is 7.82. The largest absolute Gasteiger partial charge is 0.495 e. The molecule has 2 amide bonds. The van der Waals surface area contributed by atoms with Gasteiger partial charge in [0.15, 0.2) is 0 Å². The highest BCUT2D eigenvalue weighted by Gasteiger charge is 2.31. The van der Waals surface area contributed by atoms with Crippen LogP contribution < -0.4 is 10.1 Å². The maximum atomic E-state index is 11.7. The van der Waals surface area contributed by atoms with Crippen LogP contribution in [0.15, 0.2) is 30.6 Å². The number of nitrogens with one attached hydrogen (secondary N) is 1. The molecular formula is C27H34N6O4. The average Bonchev–Trinajstić information content (AvgIpc) is 3.30. The minimum Gasteiger partial charge on any atom is -0.495 e. The molecule has 0 atom stereocenters. The number of carboxylic acid groups (broad SMARTS) is 1. The second-order valence-corrected chi connectivity index (χ2v) is 9.94. The van der Waals surface area contributed by atoms with Crippen molar-refractivity contribution >= 4 is 23.2 Å². The Morgan fingerprint density at radius 2 is 1.84 bits per heavy atom. The first-order valence-electron chi connectivity index (χ1n) is 12.9. The van der Waals surface area contributed by atoms with E-state index < -0.39 is 6.09 Å². The van der Waals surface area contributed by atoms with Crippen LogP contribution in [0.5, 0.6) is 5.75 Å². The van der Waals surface area contributed by atoms with E-state index in [-0.39, 0.29) is 5.91 Å². The number of nitrogens with zero attached hydrogens (tertiary/aromatic N) is 5. The monoisotopic (exact) mass is 506 g/mol. The predicted octanol–water partition coefficient (Wildman–Crippen LogP) is 3.99. The number of carbonyl (C=O) groups is 2. The Morgan fingerprint density at radius 1 is 1.11 bits per heavy atom. The van der Waals surface area contributed by atoms with Crippen LogP contribution in [-0.4, -0.2) is 80.6 Å². The van der Waals surface area contributed by atoms with Crippen molar-refractivity contribution < 1.29 is 19.4 Å². The summed E-state index contributed by atoms with van der Waals surface area (Å²) in [5, 5.41) is 11.5. The topological polar surface area (TPSA) is 112 Å².